The summed E-state index contributed by atoms with van der Waals surface area (Å²) in [5.41, 5.74) is 3.57. The van der Waals surface area contributed by atoms with Crippen molar-refractivity contribution in [2.24, 2.45) is 5.16 Å². The summed E-state index contributed by atoms with van der Waals surface area (Å²) in [4.78, 5) is 9.75. The molecule has 0 unspecified atom stereocenters. The molecule has 1 aromatic rings. The summed E-state index contributed by atoms with van der Waals surface area (Å²) >= 11 is 0. The predicted molar refractivity (Wildman–Crippen MR) is 152 cm³/mol. The van der Waals surface area contributed by atoms with Crippen molar-refractivity contribution in [1.82, 2.24) is 10.2 Å². The Morgan fingerprint density at radius 2 is 2.08 bits per heavy atom. The van der Waals surface area contributed by atoms with Crippen LogP contribution in [0, 0.1) is 0 Å². The Kier molecular flexibility index (Phi) is 14.1. The highest BCUT2D eigenvalue weighted by Gasteiger charge is 2.21. The number of hydrogen-bond acceptors (Lipinski definition) is 7. The molecule has 0 saturated carbocycles. The van der Waals surface area contributed by atoms with Crippen LogP contribution in [0.3, 0.4) is 0 Å². The molecule has 198 valence electrons. The van der Waals surface area contributed by atoms with Crippen LogP contribution in [-0.2, 0) is 9.57 Å². The lowest BCUT2D eigenvalue weighted by Crippen LogP contribution is -2.40. The summed E-state index contributed by atoms with van der Waals surface area (Å²) in [5.74, 6) is 0.888. The molecule has 0 amide bonds. The lowest BCUT2D eigenvalue weighted by Gasteiger charge is -2.22. The van der Waals surface area contributed by atoms with E-state index in [4.69, 9.17) is 14.3 Å². The van der Waals surface area contributed by atoms with Crippen molar-refractivity contribution in [3.05, 3.63) is 66.3 Å². The number of nitrogens with one attached hydrogen (secondary N) is 1. The van der Waals surface area contributed by atoms with Crippen LogP contribution in [-0.4, -0.2) is 71.5 Å². The molecule has 0 radical (unpaired) electrons. The first kappa shape index (κ1) is 29.2. The van der Waals surface area contributed by atoms with Crippen LogP contribution < -0.4 is 15.0 Å². The molecule has 0 saturated heterocycles. The third-order valence-corrected chi connectivity index (χ3v) is 5.72. The zero-order valence-corrected chi connectivity index (χ0v) is 22.5. The van der Waals surface area contributed by atoms with E-state index in [9.17, 15) is 0 Å². The number of rotatable bonds is 18. The molecular weight excluding hydrogens is 452 g/mol. The van der Waals surface area contributed by atoms with Crippen LogP contribution in [0.25, 0.3) is 6.08 Å². The van der Waals surface area contributed by atoms with Gasteiger partial charge in [0.05, 0.1) is 25.9 Å². The first-order valence-electron chi connectivity index (χ1n) is 12.8. The van der Waals surface area contributed by atoms with E-state index in [1.807, 2.05) is 32.3 Å². The molecule has 0 fully saturated rings. The van der Waals surface area contributed by atoms with Crippen LogP contribution in [0.5, 0.6) is 5.75 Å². The Labute approximate surface area is 217 Å². The molecule has 1 atom stereocenters. The number of oxime groups is 1. The fraction of sp³-hybridized carbons (Fsp3) is 0.483. The summed E-state index contributed by atoms with van der Waals surface area (Å²) in [6.07, 6.45) is 17.7. The third kappa shape index (κ3) is 11.1. The van der Waals surface area contributed by atoms with Crippen LogP contribution in [0.1, 0.15) is 38.2 Å². The highest BCUT2D eigenvalue weighted by atomic mass is 16.7. The Morgan fingerprint density at radius 3 is 2.86 bits per heavy atom. The summed E-state index contributed by atoms with van der Waals surface area (Å²) in [7, 11) is 5.76. The van der Waals surface area contributed by atoms with Gasteiger partial charge in [0.1, 0.15) is 12.1 Å². The normalized spacial score (nSPS) is 15.7. The molecule has 7 heteroatoms. The number of ether oxygens (including phenoxy) is 2. The van der Waals surface area contributed by atoms with Crippen molar-refractivity contribution in [1.29, 1.82) is 0 Å². The largest absolute Gasteiger partial charge is 0.495 e. The van der Waals surface area contributed by atoms with Crippen molar-refractivity contribution < 1.29 is 14.3 Å². The number of hydrogen-bond donors (Lipinski definition) is 1. The minimum Gasteiger partial charge on any atom is -0.495 e. The molecule has 0 aromatic heterocycles. The van der Waals surface area contributed by atoms with Gasteiger partial charge in [-0.05, 0) is 56.8 Å². The molecule has 7 nitrogen and oxygen atoms in total. The monoisotopic (exact) mass is 496 g/mol. The smallest absolute Gasteiger partial charge is 0.213 e. The fourth-order valence-corrected chi connectivity index (χ4v) is 3.80. The van der Waals surface area contributed by atoms with Crippen molar-refractivity contribution in [3.8, 4) is 5.75 Å². The molecule has 1 aliphatic heterocycles. The average Bonchev–Trinajstić information content (AvgIpc) is 3.31. The average molecular weight is 497 g/mol. The predicted octanol–water partition coefficient (Wildman–Crippen LogP) is 5.23. The highest BCUT2D eigenvalue weighted by Crippen LogP contribution is 2.28. The Morgan fingerprint density at radius 1 is 1.22 bits per heavy atom. The van der Waals surface area contributed by atoms with Gasteiger partial charge in [0.15, 0.2) is 0 Å². The van der Waals surface area contributed by atoms with Gasteiger partial charge < -0.3 is 29.4 Å². The van der Waals surface area contributed by atoms with Gasteiger partial charge in [-0.1, -0.05) is 59.8 Å². The second kappa shape index (κ2) is 17.4. The van der Waals surface area contributed by atoms with Gasteiger partial charge in [0, 0.05) is 27.2 Å². The second-order valence-corrected chi connectivity index (χ2v) is 8.95. The highest BCUT2D eigenvalue weighted by molar-refractivity contribution is 5.64. The number of nitrogens with zero attached hydrogens (tertiary/aromatic N) is 3. The lowest BCUT2D eigenvalue weighted by molar-refractivity contribution is 0.0114. The van der Waals surface area contributed by atoms with E-state index < -0.39 is 0 Å². The van der Waals surface area contributed by atoms with Crippen LogP contribution in [0.4, 0.5) is 5.69 Å². The summed E-state index contributed by atoms with van der Waals surface area (Å²) in [6, 6.07) is 6.32. The Bertz CT molecular complexity index is 893. The van der Waals surface area contributed by atoms with E-state index in [0.29, 0.717) is 0 Å². The molecule has 36 heavy (non-hydrogen) atoms. The zero-order valence-electron chi connectivity index (χ0n) is 22.5. The molecule has 2 rings (SSSR count). The third-order valence-electron chi connectivity index (χ3n) is 5.72. The van der Waals surface area contributed by atoms with E-state index >= 15 is 0 Å². The second-order valence-electron chi connectivity index (χ2n) is 8.95. The minimum absolute atomic E-state index is 0.0493. The first-order chi connectivity index (χ1) is 17.5. The van der Waals surface area contributed by atoms with E-state index in [-0.39, 0.29) is 6.23 Å². The minimum atomic E-state index is -0.0493. The van der Waals surface area contributed by atoms with Gasteiger partial charge in [-0.2, -0.15) is 0 Å². The fourth-order valence-electron chi connectivity index (χ4n) is 3.80. The van der Waals surface area contributed by atoms with E-state index in [0.717, 1.165) is 75.5 Å². The zero-order chi connectivity index (χ0) is 26.0. The maximum absolute atomic E-state index is 5.66. The van der Waals surface area contributed by atoms with Gasteiger partial charge in [0.25, 0.3) is 0 Å². The lowest BCUT2D eigenvalue weighted by atomic mass is 10.1. The van der Waals surface area contributed by atoms with Gasteiger partial charge in [0.2, 0.25) is 6.23 Å². The summed E-state index contributed by atoms with van der Waals surface area (Å²) in [5, 5.41) is 7.47. The SMILES string of the molecule is C=C/C=C\C=C/CCOCCCNC[C@@H]1ON=CN1CCC/C(C)=C\c1ccc(N(C)C)c(OC)c1. The maximum Gasteiger partial charge on any atom is 0.213 e. The van der Waals surface area contributed by atoms with Crippen LogP contribution in [0.2, 0.25) is 0 Å². The Balaban J connectivity index is 1.61. The van der Waals surface area contributed by atoms with Crippen molar-refractivity contribution >= 4 is 18.1 Å². The van der Waals surface area contributed by atoms with E-state index in [1.54, 1.807) is 19.5 Å². The van der Waals surface area contributed by atoms with Crippen molar-refractivity contribution in [2.45, 2.75) is 38.8 Å². The first-order valence-corrected chi connectivity index (χ1v) is 12.8. The number of allylic oxidation sites excluding steroid dienone is 5. The Hall–Kier alpha value is -3.03. The molecule has 1 aliphatic rings. The van der Waals surface area contributed by atoms with Gasteiger partial charge in [-0.3, -0.25) is 0 Å². The van der Waals surface area contributed by atoms with Crippen LogP contribution >= 0.6 is 0 Å². The van der Waals surface area contributed by atoms with Crippen molar-refractivity contribution in [2.75, 3.05) is 59.0 Å². The standard InChI is InChI=1S/C29H44N4O3/c1-6-7-8-9-10-11-19-35-20-13-17-30-23-29-33(24-31-36-29)18-12-14-25(2)21-26-15-16-27(32(3)4)28(22-26)34-5/h6-10,15-16,21-22,24,29-30H,1,11-14,17-20,23H2,2-5H3/b8-7-,10-9-,25-21-/t29-/m0/s1. The van der Waals surface area contributed by atoms with Gasteiger partial charge >= 0.3 is 0 Å². The van der Waals surface area contributed by atoms with E-state index in [1.165, 1.54) is 5.57 Å². The van der Waals surface area contributed by atoms with Gasteiger partial charge in [-0.25, -0.2) is 0 Å². The van der Waals surface area contributed by atoms with E-state index in [2.05, 4.69) is 64.1 Å². The molecule has 1 aromatic carbocycles. The molecule has 1 heterocycles. The number of methoxy groups -OCH3 is 1. The summed E-state index contributed by atoms with van der Waals surface area (Å²) in [6.45, 7) is 9.86. The number of benzene rings is 1. The topological polar surface area (TPSA) is 58.6 Å². The maximum atomic E-state index is 5.66. The molecule has 0 aliphatic carbocycles. The quantitative estimate of drug-likeness (QED) is 0.222. The van der Waals surface area contributed by atoms with Gasteiger partial charge in [-0.15, -0.1) is 0 Å². The van der Waals surface area contributed by atoms with Crippen LogP contribution in [0.15, 0.2) is 65.9 Å². The molecule has 1 N–H and O–H groups in total. The van der Waals surface area contributed by atoms with Crippen molar-refractivity contribution in [3.63, 3.8) is 0 Å². The molecule has 0 spiro atoms. The summed E-state index contributed by atoms with van der Waals surface area (Å²) < 4.78 is 11.2. The molecule has 0 bridgehead atoms. The number of anilines is 1. The molecular formula is C29H44N4O3.